The molecule has 1 saturated heterocycles. The molecular weight excluding hydrogens is 439 g/mol. The maximum absolute atomic E-state index is 13.5. The molecule has 1 fully saturated rings. The van der Waals surface area contributed by atoms with E-state index in [1.54, 1.807) is 11.0 Å². The van der Waals surface area contributed by atoms with E-state index in [1.807, 2.05) is 32.9 Å². The van der Waals surface area contributed by atoms with Crippen molar-refractivity contribution in [2.45, 2.75) is 26.4 Å². The van der Waals surface area contributed by atoms with Crippen LogP contribution in [0.4, 0.5) is 20.6 Å². The van der Waals surface area contributed by atoms with E-state index in [-0.39, 0.29) is 17.5 Å². The number of amides is 2. The Morgan fingerprint density at radius 2 is 1.79 bits per heavy atom. The van der Waals surface area contributed by atoms with E-state index in [0.29, 0.717) is 37.2 Å². The van der Waals surface area contributed by atoms with E-state index >= 15 is 0 Å². The second kappa shape index (κ2) is 9.22. The number of rotatable bonds is 3. The molecule has 4 rings (SSSR count). The molecule has 1 aliphatic heterocycles. The highest BCUT2D eigenvalue weighted by Crippen LogP contribution is 2.23. The first-order valence-electron chi connectivity index (χ1n) is 11.0. The lowest BCUT2D eigenvalue weighted by Crippen LogP contribution is -2.50. The van der Waals surface area contributed by atoms with Crippen molar-refractivity contribution in [2.24, 2.45) is 5.84 Å². The van der Waals surface area contributed by atoms with Crippen molar-refractivity contribution < 1.29 is 18.7 Å². The number of anilines is 2. The van der Waals surface area contributed by atoms with Crippen LogP contribution in [0.15, 0.2) is 48.7 Å². The summed E-state index contributed by atoms with van der Waals surface area (Å²) in [6, 6.07) is 11.0. The van der Waals surface area contributed by atoms with Gasteiger partial charge in [-0.05, 0) is 57.2 Å². The molecule has 34 heavy (non-hydrogen) atoms. The predicted octanol–water partition coefficient (Wildman–Crippen LogP) is 3.35. The fourth-order valence-electron chi connectivity index (χ4n) is 3.64. The van der Waals surface area contributed by atoms with Crippen LogP contribution in [0.1, 0.15) is 31.3 Å². The molecule has 1 aliphatic rings. The van der Waals surface area contributed by atoms with Crippen molar-refractivity contribution in [3.8, 4) is 0 Å². The van der Waals surface area contributed by atoms with Crippen LogP contribution in [0, 0.1) is 5.82 Å². The van der Waals surface area contributed by atoms with Crippen molar-refractivity contribution in [2.75, 3.05) is 36.1 Å². The molecule has 2 heterocycles. The van der Waals surface area contributed by atoms with Gasteiger partial charge in [-0.2, -0.15) is 0 Å². The van der Waals surface area contributed by atoms with Gasteiger partial charge in [0.05, 0.1) is 22.9 Å². The highest BCUT2D eigenvalue weighted by Gasteiger charge is 2.26. The molecule has 9 nitrogen and oxygen atoms in total. The second-order valence-corrected chi connectivity index (χ2v) is 9.04. The molecule has 0 atom stereocenters. The molecule has 0 spiro atoms. The van der Waals surface area contributed by atoms with Gasteiger partial charge in [0, 0.05) is 31.9 Å². The Hall–Kier alpha value is -3.79. The average Bonchev–Trinajstić information content (AvgIpc) is 2.81. The maximum atomic E-state index is 13.5. The number of aromatic nitrogens is 2. The summed E-state index contributed by atoms with van der Waals surface area (Å²) >= 11 is 0. The standard InChI is InChI=1S/C24H27FN6O3/c1-24(2,3)34-23(33)30-11-9-29(10-12-30)17-7-8-19-20(14-17)27-15-21(28-19)22(32)31(26)18-6-4-5-16(25)13-18/h4-8,13-15H,9-12,26H2,1-3H3. The van der Waals surface area contributed by atoms with Gasteiger partial charge in [-0.3, -0.25) is 9.78 Å². The van der Waals surface area contributed by atoms with E-state index < -0.39 is 17.3 Å². The Kier molecular flexibility index (Phi) is 6.34. The van der Waals surface area contributed by atoms with E-state index in [2.05, 4.69) is 14.9 Å². The number of nitrogens with two attached hydrogens (primary N) is 1. The quantitative estimate of drug-likeness (QED) is 0.359. The fraction of sp³-hybridized carbons (Fsp3) is 0.333. The molecule has 3 aromatic rings. The van der Waals surface area contributed by atoms with Gasteiger partial charge in [0.2, 0.25) is 0 Å². The number of hydrogen-bond acceptors (Lipinski definition) is 7. The lowest BCUT2D eigenvalue weighted by atomic mass is 10.2. The molecule has 2 amide bonds. The van der Waals surface area contributed by atoms with Crippen LogP contribution < -0.4 is 15.8 Å². The normalized spacial score (nSPS) is 14.3. The summed E-state index contributed by atoms with van der Waals surface area (Å²) in [6.45, 7) is 7.97. The first-order chi connectivity index (χ1) is 16.1. The zero-order valence-corrected chi connectivity index (χ0v) is 19.4. The number of benzene rings is 2. The van der Waals surface area contributed by atoms with Crippen LogP contribution in [0.2, 0.25) is 0 Å². The molecule has 0 saturated carbocycles. The van der Waals surface area contributed by atoms with Gasteiger partial charge in [-0.1, -0.05) is 6.07 Å². The number of carbonyl (C=O) groups is 2. The number of carbonyl (C=O) groups excluding carboxylic acids is 2. The fourth-order valence-corrected chi connectivity index (χ4v) is 3.64. The smallest absolute Gasteiger partial charge is 0.410 e. The number of hydrazine groups is 1. The lowest BCUT2D eigenvalue weighted by molar-refractivity contribution is 0.0240. The molecule has 0 aliphatic carbocycles. The molecule has 10 heteroatoms. The number of fused-ring (bicyclic) bond motifs is 1. The number of ether oxygens (including phenoxy) is 1. The lowest BCUT2D eigenvalue weighted by Gasteiger charge is -2.36. The van der Waals surface area contributed by atoms with E-state index in [9.17, 15) is 14.0 Å². The van der Waals surface area contributed by atoms with Gasteiger partial charge in [0.25, 0.3) is 5.91 Å². The molecule has 0 radical (unpaired) electrons. The first-order valence-corrected chi connectivity index (χ1v) is 11.0. The van der Waals surface area contributed by atoms with Gasteiger partial charge in [0.15, 0.2) is 0 Å². The summed E-state index contributed by atoms with van der Waals surface area (Å²) in [7, 11) is 0. The third kappa shape index (κ3) is 5.23. The Morgan fingerprint density at radius 3 is 2.47 bits per heavy atom. The van der Waals surface area contributed by atoms with Crippen molar-refractivity contribution >= 4 is 34.4 Å². The topological polar surface area (TPSA) is 105 Å². The van der Waals surface area contributed by atoms with Crippen LogP contribution in [0.25, 0.3) is 11.0 Å². The Labute approximate surface area is 196 Å². The predicted molar refractivity (Wildman–Crippen MR) is 127 cm³/mol. The molecule has 178 valence electrons. The van der Waals surface area contributed by atoms with Crippen LogP contribution in [-0.2, 0) is 4.74 Å². The number of piperazine rings is 1. The molecule has 1 aromatic heterocycles. The van der Waals surface area contributed by atoms with Crippen molar-refractivity contribution in [3.05, 3.63) is 60.2 Å². The van der Waals surface area contributed by atoms with Gasteiger partial charge < -0.3 is 14.5 Å². The Morgan fingerprint density at radius 1 is 1.06 bits per heavy atom. The third-order valence-electron chi connectivity index (χ3n) is 5.35. The summed E-state index contributed by atoms with van der Waals surface area (Å²) in [5.74, 6) is 4.79. The zero-order valence-electron chi connectivity index (χ0n) is 19.4. The first kappa shape index (κ1) is 23.4. The van der Waals surface area contributed by atoms with Gasteiger partial charge in [-0.25, -0.2) is 25.0 Å². The highest BCUT2D eigenvalue weighted by molar-refractivity contribution is 6.04. The van der Waals surface area contributed by atoms with Gasteiger partial charge >= 0.3 is 6.09 Å². The van der Waals surface area contributed by atoms with Gasteiger partial charge in [-0.15, -0.1) is 0 Å². The summed E-state index contributed by atoms with van der Waals surface area (Å²) in [4.78, 5) is 37.6. The van der Waals surface area contributed by atoms with E-state index in [4.69, 9.17) is 10.6 Å². The minimum Gasteiger partial charge on any atom is -0.444 e. The Balaban J connectivity index is 1.45. The molecule has 0 bridgehead atoms. The van der Waals surface area contributed by atoms with Crippen LogP contribution in [-0.4, -0.2) is 58.6 Å². The van der Waals surface area contributed by atoms with Gasteiger partial charge in [0.1, 0.15) is 17.1 Å². The zero-order chi connectivity index (χ0) is 24.5. The number of nitrogens with zero attached hydrogens (tertiary/aromatic N) is 5. The largest absolute Gasteiger partial charge is 0.444 e. The number of halogens is 1. The van der Waals surface area contributed by atoms with Crippen molar-refractivity contribution in [1.82, 2.24) is 14.9 Å². The minimum atomic E-state index is -0.595. The minimum absolute atomic E-state index is 0.0537. The average molecular weight is 467 g/mol. The summed E-state index contributed by atoms with van der Waals surface area (Å²) < 4.78 is 18.9. The summed E-state index contributed by atoms with van der Waals surface area (Å²) in [6.07, 6.45) is 1.05. The monoisotopic (exact) mass is 466 g/mol. The van der Waals surface area contributed by atoms with E-state index in [1.165, 1.54) is 30.5 Å². The van der Waals surface area contributed by atoms with E-state index in [0.717, 1.165) is 10.7 Å². The maximum Gasteiger partial charge on any atom is 0.410 e. The molecule has 2 N–H and O–H groups in total. The van der Waals surface area contributed by atoms with Crippen molar-refractivity contribution in [3.63, 3.8) is 0 Å². The second-order valence-electron chi connectivity index (χ2n) is 9.04. The van der Waals surface area contributed by atoms with Crippen LogP contribution in [0.3, 0.4) is 0 Å². The SMILES string of the molecule is CC(C)(C)OC(=O)N1CCN(c2ccc3nc(C(=O)N(N)c4cccc(F)c4)cnc3c2)CC1. The molecule has 2 aromatic carbocycles. The molecular formula is C24H27FN6O3. The van der Waals surface area contributed by atoms with Crippen molar-refractivity contribution in [1.29, 1.82) is 0 Å². The third-order valence-corrected chi connectivity index (χ3v) is 5.35. The summed E-state index contributed by atoms with van der Waals surface area (Å²) in [5, 5.41) is 0.845. The summed E-state index contributed by atoms with van der Waals surface area (Å²) in [5.41, 5.74) is 1.85. The van der Waals surface area contributed by atoms with Crippen LogP contribution in [0.5, 0.6) is 0 Å². The molecule has 0 unspecified atom stereocenters. The Bertz CT molecular complexity index is 1220. The number of hydrogen-bond donors (Lipinski definition) is 1. The highest BCUT2D eigenvalue weighted by atomic mass is 19.1. The van der Waals surface area contributed by atoms with Crippen LogP contribution >= 0.6 is 0 Å².